The van der Waals surface area contributed by atoms with Gasteiger partial charge in [-0.3, -0.25) is 4.79 Å². The van der Waals surface area contributed by atoms with Gasteiger partial charge in [-0.15, -0.1) is 0 Å². The molecule has 0 amide bonds. The Morgan fingerprint density at radius 1 is 1.19 bits per heavy atom. The van der Waals surface area contributed by atoms with Crippen LogP contribution in [0, 0.1) is 12.7 Å². The van der Waals surface area contributed by atoms with Crippen molar-refractivity contribution >= 4 is 33.1 Å². The van der Waals surface area contributed by atoms with E-state index in [4.69, 9.17) is 0 Å². The minimum atomic E-state index is -3.27. The quantitative estimate of drug-likeness (QED) is 0.669. The SMILES string of the molecule is CCS(=O)(=O)c1ccc(Sc2c(C)c(CC(=O)O)c3ccc(F)cn23)cc1. The largest absolute Gasteiger partial charge is 0.481 e. The molecule has 3 aromatic rings. The fraction of sp³-hybridized carbons (Fsp3) is 0.211. The summed E-state index contributed by atoms with van der Waals surface area (Å²) < 4.78 is 39.3. The van der Waals surface area contributed by atoms with Gasteiger partial charge in [0.2, 0.25) is 0 Å². The van der Waals surface area contributed by atoms with Crippen molar-refractivity contribution in [2.24, 2.45) is 0 Å². The normalized spacial score (nSPS) is 11.8. The number of fused-ring (bicyclic) bond motifs is 1. The van der Waals surface area contributed by atoms with Crippen molar-refractivity contribution in [3.63, 3.8) is 0 Å². The Hall–Kier alpha value is -2.32. The average molecular weight is 407 g/mol. The number of sulfone groups is 1. The van der Waals surface area contributed by atoms with Crippen LogP contribution in [0.1, 0.15) is 18.1 Å². The van der Waals surface area contributed by atoms with Crippen LogP contribution in [-0.2, 0) is 21.1 Å². The van der Waals surface area contributed by atoms with Gasteiger partial charge in [0.15, 0.2) is 9.84 Å². The predicted octanol–water partition coefficient (Wildman–Crippen LogP) is 3.96. The Balaban J connectivity index is 2.05. The van der Waals surface area contributed by atoms with E-state index in [0.29, 0.717) is 16.1 Å². The highest BCUT2D eigenvalue weighted by Gasteiger charge is 2.19. The molecule has 0 unspecified atom stereocenters. The first-order valence-electron chi connectivity index (χ1n) is 8.24. The maximum atomic E-state index is 13.8. The molecule has 1 aromatic carbocycles. The molecular formula is C19H18FNO4S2. The monoisotopic (exact) mass is 407 g/mol. The molecule has 142 valence electrons. The Morgan fingerprint density at radius 3 is 2.44 bits per heavy atom. The molecule has 27 heavy (non-hydrogen) atoms. The highest BCUT2D eigenvalue weighted by molar-refractivity contribution is 7.99. The maximum absolute atomic E-state index is 13.8. The first-order chi connectivity index (χ1) is 12.7. The lowest BCUT2D eigenvalue weighted by atomic mass is 10.1. The standard InChI is InChI=1S/C19H18FNO4S2/c1-3-27(24,25)15-7-5-14(6-8-15)26-19-12(2)16(10-18(22)23)17-9-4-13(20)11-21(17)19/h4-9,11H,3,10H2,1-2H3,(H,22,23). The summed E-state index contributed by atoms with van der Waals surface area (Å²) in [6.07, 6.45) is 1.17. The Bertz CT molecular complexity index is 1120. The number of benzene rings is 1. The van der Waals surface area contributed by atoms with Gasteiger partial charge in [0, 0.05) is 11.1 Å². The van der Waals surface area contributed by atoms with Gasteiger partial charge >= 0.3 is 5.97 Å². The highest BCUT2D eigenvalue weighted by Crippen LogP contribution is 2.36. The van der Waals surface area contributed by atoms with Gasteiger partial charge < -0.3 is 9.51 Å². The number of halogens is 1. The lowest BCUT2D eigenvalue weighted by Gasteiger charge is -2.06. The fourth-order valence-corrected chi connectivity index (χ4v) is 4.79. The zero-order chi connectivity index (χ0) is 19.8. The van der Waals surface area contributed by atoms with Gasteiger partial charge in [-0.05, 0) is 54.4 Å². The zero-order valence-electron chi connectivity index (χ0n) is 14.8. The molecule has 0 bridgehead atoms. The molecule has 8 heteroatoms. The van der Waals surface area contributed by atoms with E-state index in [1.807, 2.05) is 0 Å². The van der Waals surface area contributed by atoms with E-state index in [0.717, 1.165) is 10.5 Å². The number of rotatable bonds is 6. The van der Waals surface area contributed by atoms with E-state index in [9.17, 15) is 22.7 Å². The molecule has 2 heterocycles. The zero-order valence-corrected chi connectivity index (χ0v) is 16.4. The summed E-state index contributed by atoms with van der Waals surface area (Å²) in [6, 6.07) is 9.36. The molecule has 0 aliphatic rings. The number of carboxylic acids is 1. The molecule has 0 aliphatic heterocycles. The second kappa shape index (κ2) is 7.36. The molecule has 0 saturated carbocycles. The first-order valence-corrected chi connectivity index (χ1v) is 10.7. The Kier molecular flexibility index (Phi) is 5.30. The molecule has 1 N–H and O–H groups in total. The van der Waals surface area contributed by atoms with Crippen molar-refractivity contribution < 1.29 is 22.7 Å². The summed E-state index contributed by atoms with van der Waals surface area (Å²) in [7, 11) is -3.27. The summed E-state index contributed by atoms with van der Waals surface area (Å²) in [5.74, 6) is -1.36. The van der Waals surface area contributed by atoms with E-state index in [-0.39, 0.29) is 17.1 Å². The Morgan fingerprint density at radius 2 is 1.85 bits per heavy atom. The number of pyridine rings is 1. The van der Waals surface area contributed by atoms with Crippen molar-refractivity contribution in [3.05, 3.63) is 59.5 Å². The number of hydrogen-bond acceptors (Lipinski definition) is 4. The van der Waals surface area contributed by atoms with Crippen LogP contribution in [0.15, 0.2) is 57.4 Å². The second-order valence-electron chi connectivity index (χ2n) is 6.06. The van der Waals surface area contributed by atoms with E-state index in [2.05, 4.69) is 0 Å². The number of carbonyl (C=O) groups is 1. The van der Waals surface area contributed by atoms with E-state index < -0.39 is 21.6 Å². The number of nitrogens with zero attached hydrogens (tertiary/aromatic N) is 1. The van der Waals surface area contributed by atoms with Crippen LogP contribution in [0.5, 0.6) is 0 Å². The summed E-state index contributed by atoms with van der Waals surface area (Å²) >= 11 is 1.34. The first kappa shape index (κ1) is 19.4. The number of hydrogen-bond donors (Lipinski definition) is 1. The minimum absolute atomic E-state index is 0.0275. The third-order valence-electron chi connectivity index (χ3n) is 4.32. The van der Waals surface area contributed by atoms with Crippen molar-refractivity contribution in [1.29, 1.82) is 0 Å². The van der Waals surface area contributed by atoms with Gasteiger partial charge in [0.25, 0.3) is 0 Å². The van der Waals surface area contributed by atoms with Gasteiger partial charge in [-0.25, -0.2) is 12.8 Å². The van der Waals surface area contributed by atoms with Crippen LogP contribution in [0.3, 0.4) is 0 Å². The topological polar surface area (TPSA) is 75.8 Å². The van der Waals surface area contributed by atoms with Crippen molar-refractivity contribution in [2.45, 2.75) is 35.1 Å². The van der Waals surface area contributed by atoms with E-state index in [1.54, 1.807) is 48.6 Å². The van der Waals surface area contributed by atoms with Gasteiger partial charge in [-0.2, -0.15) is 0 Å². The fourth-order valence-electron chi connectivity index (χ4n) is 2.88. The molecule has 0 radical (unpaired) electrons. The highest BCUT2D eigenvalue weighted by atomic mass is 32.2. The number of carboxylic acid groups (broad SMARTS) is 1. The van der Waals surface area contributed by atoms with Crippen molar-refractivity contribution in [1.82, 2.24) is 4.40 Å². The maximum Gasteiger partial charge on any atom is 0.307 e. The molecule has 3 rings (SSSR count). The van der Waals surface area contributed by atoms with Gasteiger partial charge in [0.1, 0.15) is 5.82 Å². The van der Waals surface area contributed by atoms with Crippen molar-refractivity contribution in [3.8, 4) is 0 Å². The van der Waals surface area contributed by atoms with Crippen LogP contribution in [-0.4, -0.2) is 29.6 Å². The summed E-state index contributed by atoms with van der Waals surface area (Å²) in [5.41, 5.74) is 2.04. The van der Waals surface area contributed by atoms with Crippen LogP contribution in [0.2, 0.25) is 0 Å². The number of aromatic nitrogens is 1. The lowest BCUT2D eigenvalue weighted by molar-refractivity contribution is -0.136. The van der Waals surface area contributed by atoms with Crippen molar-refractivity contribution in [2.75, 3.05) is 5.75 Å². The molecule has 2 aromatic heterocycles. The molecule has 0 saturated heterocycles. The van der Waals surface area contributed by atoms with E-state index >= 15 is 0 Å². The molecule has 0 fully saturated rings. The Labute approximate surface area is 160 Å². The summed E-state index contributed by atoms with van der Waals surface area (Å²) in [5, 5.41) is 9.89. The van der Waals surface area contributed by atoms with Gasteiger partial charge in [0.05, 0.1) is 27.6 Å². The number of aliphatic carboxylic acids is 1. The van der Waals surface area contributed by atoms with Crippen LogP contribution in [0.4, 0.5) is 4.39 Å². The lowest BCUT2D eigenvalue weighted by Crippen LogP contribution is -2.03. The molecule has 0 aliphatic carbocycles. The minimum Gasteiger partial charge on any atom is -0.481 e. The molecule has 0 atom stereocenters. The summed E-state index contributed by atoms with van der Waals surface area (Å²) in [6.45, 7) is 3.40. The third-order valence-corrected chi connectivity index (χ3v) is 7.27. The molecule has 5 nitrogen and oxygen atoms in total. The predicted molar refractivity (Wildman–Crippen MR) is 102 cm³/mol. The summed E-state index contributed by atoms with van der Waals surface area (Å²) in [4.78, 5) is 12.2. The molecule has 0 spiro atoms. The molecular weight excluding hydrogens is 389 g/mol. The van der Waals surface area contributed by atoms with Gasteiger partial charge in [-0.1, -0.05) is 18.7 Å². The van der Waals surface area contributed by atoms with Crippen LogP contribution < -0.4 is 0 Å². The van der Waals surface area contributed by atoms with E-state index in [1.165, 1.54) is 24.0 Å². The van der Waals surface area contributed by atoms with Crippen LogP contribution >= 0.6 is 11.8 Å². The van der Waals surface area contributed by atoms with Crippen LogP contribution in [0.25, 0.3) is 5.52 Å². The smallest absolute Gasteiger partial charge is 0.307 e. The average Bonchev–Trinajstić information content (AvgIpc) is 2.87. The third kappa shape index (κ3) is 3.86. The second-order valence-corrected chi connectivity index (χ2v) is 9.40.